The SMILES string of the molecule is CCCCCCCCOCCCSCCCOCCCCCCCC. The van der Waals surface area contributed by atoms with Gasteiger partial charge in [-0.3, -0.25) is 0 Å². The van der Waals surface area contributed by atoms with Gasteiger partial charge in [0.25, 0.3) is 0 Å². The van der Waals surface area contributed by atoms with Gasteiger partial charge in [0.1, 0.15) is 0 Å². The molecule has 2 nitrogen and oxygen atoms in total. The summed E-state index contributed by atoms with van der Waals surface area (Å²) in [6.45, 7) is 8.34. The fraction of sp³-hybridized carbons (Fsp3) is 1.00. The molecule has 0 bridgehead atoms. The van der Waals surface area contributed by atoms with Gasteiger partial charge in [-0.05, 0) is 37.2 Å². The van der Waals surface area contributed by atoms with E-state index in [2.05, 4.69) is 13.8 Å². The van der Waals surface area contributed by atoms with Crippen LogP contribution in [0.4, 0.5) is 0 Å². The average Bonchev–Trinajstić information content (AvgIpc) is 2.63. The van der Waals surface area contributed by atoms with Gasteiger partial charge in [0, 0.05) is 26.4 Å². The van der Waals surface area contributed by atoms with Crippen molar-refractivity contribution < 1.29 is 9.47 Å². The third kappa shape index (κ3) is 24.3. The van der Waals surface area contributed by atoms with E-state index in [-0.39, 0.29) is 0 Å². The summed E-state index contributed by atoms with van der Waals surface area (Å²) in [5.74, 6) is 2.46. The first-order valence-corrected chi connectivity index (χ1v) is 12.3. The zero-order chi connectivity index (χ0) is 18.3. The molecule has 0 aromatic carbocycles. The summed E-state index contributed by atoms with van der Waals surface area (Å²) in [5.41, 5.74) is 0. The summed E-state index contributed by atoms with van der Waals surface area (Å²) in [5, 5.41) is 0. The second-order valence-corrected chi connectivity index (χ2v) is 8.30. The van der Waals surface area contributed by atoms with Gasteiger partial charge in [0.05, 0.1) is 0 Å². The summed E-state index contributed by atoms with van der Waals surface area (Å²) < 4.78 is 11.4. The van der Waals surface area contributed by atoms with Crippen molar-refractivity contribution in [3.63, 3.8) is 0 Å². The van der Waals surface area contributed by atoms with Gasteiger partial charge < -0.3 is 9.47 Å². The Kier molecular flexibility index (Phi) is 24.5. The van der Waals surface area contributed by atoms with E-state index in [0.29, 0.717) is 0 Å². The van der Waals surface area contributed by atoms with E-state index in [9.17, 15) is 0 Å². The van der Waals surface area contributed by atoms with Crippen LogP contribution in [-0.2, 0) is 9.47 Å². The molecule has 0 radical (unpaired) electrons. The molecule has 0 unspecified atom stereocenters. The van der Waals surface area contributed by atoms with Crippen LogP contribution in [0, 0.1) is 0 Å². The quantitative estimate of drug-likeness (QED) is 0.186. The molecular formula is C22H46O2S. The lowest BCUT2D eigenvalue weighted by molar-refractivity contribution is 0.130. The lowest BCUT2D eigenvalue weighted by Gasteiger charge is -2.06. The predicted molar refractivity (Wildman–Crippen MR) is 115 cm³/mol. The molecule has 152 valence electrons. The van der Waals surface area contributed by atoms with Crippen LogP contribution in [-0.4, -0.2) is 37.9 Å². The van der Waals surface area contributed by atoms with Gasteiger partial charge in [0.2, 0.25) is 0 Å². The van der Waals surface area contributed by atoms with Gasteiger partial charge in [-0.15, -0.1) is 0 Å². The minimum absolute atomic E-state index is 0.941. The van der Waals surface area contributed by atoms with Gasteiger partial charge >= 0.3 is 0 Å². The van der Waals surface area contributed by atoms with E-state index in [1.807, 2.05) is 11.8 Å². The molecule has 0 aromatic rings. The minimum Gasteiger partial charge on any atom is -0.381 e. The molecule has 0 aliphatic rings. The molecule has 0 rings (SSSR count). The van der Waals surface area contributed by atoms with Crippen molar-refractivity contribution in [3.8, 4) is 0 Å². The largest absolute Gasteiger partial charge is 0.381 e. The van der Waals surface area contributed by atoms with Crippen molar-refractivity contribution >= 4 is 11.8 Å². The highest BCUT2D eigenvalue weighted by Gasteiger charge is 1.95. The average molecular weight is 375 g/mol. The lowest BCUT2D eigenvalue weighted by Crippen LogP contribution is -2.00. The Morgan fingerprint density at radius 3 is 1.24 bits per heavy atom. The Hall–Kier alpha value is 0.270. The Labute approximate surface area is 163 Å². The van der Waals surface area contributed by atoms with E-state index in [1.165, 1.54) is 101 Å². The molecular weight excluding hydrogens is 328 g/mol. The van der Waals surface area contributed by atoms with Crippen molar-refractivity contribution in [1.29, 1.82) is 0 Å². The molecule has 0 saturated carbocycles. The van der Waals surface area contributed by atoms with E-state index in [4.69, 9.17) is 9.47 Å². The van der Waals surface area contributed by atoms with Crippen molar-refractivity contribution in [3.05, 3.63) is 0 Å². The first kappa shape index (κ1) is 25.3. The Balaban J connectivity index is 2.94. The molecule has 0 N–H and O–H groups in total. The molecule has 0 fully saturated rings. The zero-order valence-corrected chi connectivity index (χ0v) is 18.2. The summed E-state index contributed by atoms with van der Waals surface area (Å²) in [6, 6.07) is 0. The van der Waals surface area contributed by atoms with E-state index in [1.54, 1.807) is 0 Å². The van der Waals surface area contributed by atoms with Crippen LogP contribution in [0.2, 0.25) is 0 Å². The number of hydrogen-bond acceptors (Lipinski definition) is 3. The normalized spacial score (nSPS) is 11.3. The molecule has 0 heterocycles. The van der Waals surface area contributed by atoms with E-state index >= 15 is 0 Å². The maximum atomic E-state index is 5.71. The van der Waals surface area contributed by atoms with E-state index < -0.39 is 0 Å². The number of hydrogen-bond donors (Lipinski definition) is 0. The minimum atomic E-state index is 0.941. The zero-order valence-electron chi connectivity index (χ0n) is 17.4. The van der Waals surface area contributed by atoms with Crippen LogP contribution in [0.15, 0.2) is 0 Å². The smallest absolute Gasteiger partial charge is 0.0473 e. The van der Waals surface area contributed by atoms with Crippen molar-refractivity contribution in [2.45, 2.75) is 104 Å². The van der Waals surface area contributed by atoms with Gasteiger partial charge in [0.15, 0.2) is 0 Å². The van der Waals surface area contributed by atoms with Crippen LogP contribution < -0.4 is 0 Å². The summed E-state index contributed by atoms with van der Waals surface area (Å²) in [6.07, 6.45) is 18.6. The first-order chi connectivity index (χ1) is 12.4. The molecule has 25 heavy (non-hydrogen) atoms. The lowest BCUT2D eigenvalue weighted by atomic mass is 10.1. The van der Waals surface area contributed by atoms with Crippen molar-refractivity contribution in [2.24, 2.45) is 0 Å². The van der Waals surface area contributed by atoms with Crippen LogP contribution >= 0.6 is 11.8 Å². The molecule has 0 aliphatic carbocycles. The molecule has 0 aromatic heterocycles. The highest BCUT2D eigenvalue weighted by atomic mass is 32.2. The van der Waals surface area contributed by atoms with Crippen LogP contribution in [0.5, 0.6) is 0 Å². The maximum Gasteiger partial charge on any atom is 0.0473 e. The number of thioether (sulfide) groups is 1. The maximum absolute atomic E-state index is 5.71. The second kappa shape index (κ2) is 24.3. The highest BCUT2D eigenvalue weighted by molar-refractivity contribution is 7.99. The number of rotatable bonds is 22. The Morgan fingerprint density at radius 1 is 0.440 bits per heavy atom. The van der Waals surface area contributed by atoms with Crippen molar-refractivity contribution in [2.75, 3.05) is 37.9 Å². The van der Waals surface area contributed by atoms with Gasteiger partial charge in [-0.25, -0.2) is 0 Å². The third-order valence-electron chi connectivity index (χ3n) is 4.44. The number of unbranched alkanes of at least 4 members (excludes halogenated alkanes) is 10. The van der Waals surface area contributed by atoms with Gasteiger partial charge in [-0.1, -0.05) is 78.1 Å². The molecule has 0 atom stereocenters. The number of ether oxygens (including phenoxy) is 2. The van der Waals surface area contributed by atoms with Crippen LogP contribution in [0.3, 0.4) is 0 Å². The molecule has 0 aliphatic heterocycles. The fourth-order valence-electron chi connectivity index (χ4n) is 2.80. The third-order valence-corrected chi connectivity index (χ3v) is 5.59. The monoisotopic (exact) mass is 374 g/mol. The predicted octanol–water partition coefficient (Wildman–Crippen LogP) is 7.25. The fourth-order valence-corrected chi connectivity index (χ4v) is 3.65. The van der Waals surface area contributed by atoms with E-state index in [0.717, 1.165) is 26.4 Å². The highest BCUT2D eigenvalue weighted by Crippen LogP contribution is 2.08. The topological polar surface area (TPSA) is 18.5 Å². The molecule has 0 amide bonds. The van der Waals surface area contributed by atoms with Crippen molar-refractivity contribution in [1.82, 2.24) is 0 Å². The summed E-state index contributed by atoms with van der Waals surface area (Å²) in [4.78, 5) is 0. The molecule has 0 saturated heterocycles. The summed E-state index contributed by atoms with van der Waals surface area (Å²) in [7, 11) is 0. The van der Waals surface area contributed by atoms with Crippen LogP contribution in [0.25, 0.3) is 0 Å². The second-order valence-electron chi connectivity index (χ2n) is 7.08. The standard InChI is InChI=1S/C22H46O2S/c1-3-5-7-9-11-13-17-23-19-15-21-25-22-16-20-24-18-14-12-10-8-6-4-2/h3-22H2,1-2H3. The molecule has 0 spiro atoms. The Morgan fingerprint density at radius 2 is 0.800 bits per heavy atom. The summed E-state index contributed by atoms with van der Waals surface area (Å²) >= 11 is 2.05. The first-order valence-electron chi connectivity index (χ1n) is 11.1. The Bertz CT molecular complexity index is 202. The van der Waals surface area contributed by atoms with Crippen LogP contribution in [0.1, 0.15) is 104 Å². The molecule has 3 heteroatoms. The van der Waals surface area contributed by atoms with Gasteiger partial charge in [-0.2, -0.15) is 11.8 Å².